The Labute approximate surface area is 128 Å². The Morgan fingerprint density at radius 2 is 2.05 bits per heavy atom. The molecule has 1 heterocycles. The highest BCUT2D eigenvalue weighted by Gasteiger charge is 2.21. The van der Waals surface area contributed by atoms with Crippen molar-refractivity contribution in [2.45, 2.75) is 19.5 Å². The molecule has 0 spiro atoms. The summed E-state index contributed by atoms with van der Waals surface area (Å²) in [6, 6.07) is 12.9. The number of fused-ring (bicyclic) bond motifs is 1. The first kappa shape index (κ1) is 14.7. The lowest BCUT2D eigenvalue weighted by atomic mass is 9.96. The molecule has 114 valence electrons. The van der Waals surface area contributed by atoms with Gasteiger partial charge in [-0.15, -0.1) is 0 Å². The summed E-state index contributed by atoms with van der Waals surface area (Å²) in [4.78, 5) is 13.6. The van der Waals surface area contributed by atoms with Gasteiger partial charge in [0.05, 0.1) is 0 Å². The van der Waals surface area contributed by atoms with E-state index in [2.05, 4.69) is 17.0 Å². The summed E-state index contributed by atoms with van der Waals surface area (Å²) in [5.74, 6) is -1.08. The van der Waals surface area contributed by atoms with Gasteiger partial charge in [-0.25, -0.2) is 9.87 Å². The number of carbonyl (C=O) groups is 1. The quantitative estimate of drug-likeness (QED) is 0.676. The Hall–Kier alpha value is -2.24. The molecule has 0 fully saturated rings. The van der Waals surface area contributed by atoms with E-state index in [0.717, 1.165) is 18.7 Å². The minimum Gasteiger partial charge on any atom is -0.294 e. The topological polar surface area (TPSA) is 52.6 Å². The van der Waals surface area contributed by atoms with Crippen molar-refractivity contribution in [1.82, 2.24) is 10.4 Å². The lowest BCUT2D eigenvalue weighted by molar-refractivity contribution is 0.0705. The van der Waals surface area contributed by atoms with Crippen molar-refractivity contribution in [3.8, 4) is 0 Å². The van der Waals surface area contributed by atoms with Crippen LogP contribution in [0.4, 0.5) is 4.39 Å². The lowest BCUT2D eigenvalue weighted by Crippen LogP contribution is -2.31. The fourth-order valence-corrected chi connectivity index (χ4v) is 2.85. The fraction of sp³-hybridized carbons (Fsp3) is 0.235. The molecular weight excluding hydrogens is 283 g/mol. The molecule has 0 bridgehead atoms. The Kier molecular flexibility index (Phi) is 4.18. The highest BCUT2D eigenvalue weighted by atomic mass is 19.1. The number of rotatable bonds is 3. The SMILES string of the molecule is O=C(NO)c1cc(F)c2c(c1)CCN(Cc1ccccc1)C2. The van der Waals surface area contributed by atoms with Crippen LogP contribution in [0.15, 0.2) is 42.5 Å². The summed E-state index contributed by atoms with van der Waals surface area (Å²) >= 11 is 0. The van der Waals surface area contributed by atoms with Crippen LogP contribution in [0.1, 0.15) is 27.0 Å². The van der Waals surface area contributed by atoms with E-state index in [-0.39, 0.29) is 5.56 Å². The van der Waals surface area contributed by atoms with E-state index >= 15 is 0 Å². The van der Waals surface area contributed by atoms with Gasteiger partial charge in [0, 0.05) is 30.8 Å². The Morgan fingerprint density at radius 3 is 2.77 bits per heavy atom. The van der Waals surface area contributed by atoms with Crippen LogP contribution in [0.2, 0.25) is 0 Å². The largest absolute Gasteiger partial charge is 0.294 e. The second kappa shape index (κ2) is 6.25. The first-order chi connectivity index (χ1) is 10.7. The molecule has 0 saturated carbocycles. The van der Waals surface area contributed by atoms with Gasteiger partial charge in [0.25, 0.3) is 5.91 Å². The number of hydrogen-bond donors (Lipinski definition) is 2. The molecule has 2 aromatic rings. The first-order valence-corrected chi connectivity index (χ1v) is 7.19. The lowest BCUT2D eigenvalue weighted by Gasteiger charge is -2.29. The second-order valence-electron chi connectivity index (χ2n) is 5.48. The van der Waals surface area contributed by atoms with Gasteiger partial charge >= 0.3 is 0 Å². The van der Waals surface area contributed by atoms with Gasteiger partial charge in [0.15, 0.2) is 0 Å². The average molecular weight is 300 g/mol. The van der Waals surface area contributed by atoms with Crippen molar-refractivity contribution in [2.75, 3.05) is 6.54 Å². The van der Waals surface area contributed by atoms with Crippen LogP contribution in [0.3, 0.4) is 0 Å². The predicted octanol–water partition coefficient (Wildman–Crippen LogP) is 2.50. The predicted molar refractivity (Wildman–Crippen MR) is 79.9 cm³/mol. The minimum absolute atomic E-state index is 0.148. The van der Waals surface area contributed by atoms with Crippen LogP contribution in [0.25, 0.3) is 0 Å². The number of amides is 1. The van der Waals surface area contributed by atoms with Crippen LogP contribution in [0, 0.1) is 5.82 Å². The molecule has 0 radical (unpaired) electrons. The third kappa shape index (κ3) is 3.00. The molecule has 3 rings (SSSR count). The number of hydroxylamine groups is 1. The van der Waals surface area contributed by atoms with E-state index in [4.69, 9.17) is 5.21 Å². The molecule has 1 aliphatic rings. The van der Waals surface area contributed by atoms with Crippen molar-refractivity contribution in [1.29, 1.82) is 0 Å². The third-order valence-electron chi connectivity index (χ3n) is 3.98. The van der Waals surface area contributed by atoms with Crippen molar-refractivity contribution in [3.05, 3.63) is 70.5 Å². The zero-order valence-corrected chi connectivity index (χ0v) is 12.1. The summed E-state index contributed by atoms with van der Waals surface area (Å²) in [5.41, 5.74) is 4.36. The summed E-state index contributed by atoms with van der Waals surface area (Å²) in [5, 5.41) is 8.66. The van der Waals surface area contributed by atoms with Crippen LogP contribution in [-0.4, -0.2) is 22.6 Å². The molecule has 0 unspecified atom stereocenters. The second-order valence-corrected chi connectivity index (χ2v) is 5.48. The van der Waals surface area contributed by atoms with Gasteiger partial charge in [0.1, 0.15) is 5.82 Å². The number of halogens is 1. The monoisotopic (exact) mass is 300 g/mol. The molecule has 2 aromatic carbocycles. The highest BCUT2D eigenvalue weighted by molar-refractivity contribution is 5.93. The van der Waals surface area contributed by atoms with Crippen LogP contribution >= 0.6 is 0 Å². The van der Waals surface area contributed by atoms with Gasteiger partial charge in [0.2, 0.25) is 0 Å². The minimum atomic E-state index is -0.687. The number of benzene rings is 2. The Bertz CT molecular complexity index is 689. The summed E-state index contributed by atoms with van der Waals surface area (Å²) in [6.07, 6.45) is 0.686. The first-order valence-electron chi connectivity index (χ1n) is 7.19. The van der Waals surface area contributed by atoms with Gasteiger partial charge in [-0.05, 0) is 29.7 Å². The maximum absolute atomic E-state index is 14.3. The standard InChI is InChI=1S/C17H17FN2O2/c18-16-9-14(17(21)19-22)8-13-6-7-20(11-15(13)16)10-12-4-2-1-3-5-12/h1-5,8-9,22H,6-7,10-11H2,(H,19,21). The molecule has 1 aliphatic heterocycles. The fourth-order valence-electron chi connectivity index (χ4n) is 2.85. The van der Waals surface area contributed by atoms with E-state index in [1.165, 1.54) is 11.6 Å². The smallest absolute Gasteiger partial charge is 0.274 e. The molecule has 0 atom stereocenters. The summed E-state index contributed by atoms with van der Waals surface area (Å²) < 4.78 is 14.3. The zero-order valence-electron chi connectivity index (χ0n) is 12.1. The number of hydrogen-bond acceptors (Lipinski definition) is 3. The van der Waals surface area contributed by atoms with E-state index in [0.29, 0.717) is 18.5 Å². The van der Waals surface area contributed by atoms with Crippen LogP contribution in [-0.2, 0) is 19.5 Å². The van der Waals surface area contributed by atoms with E-state index in [1.807, 2.05) is 18.2 Å². The van der Waals surface area contributed by atoms with Crippen molar-refractivity contribution < 1.29 is 14.4 Å². The van der Waals surface area contributed by atoms with Gasteiger partial charge in [-0.3, -0.25) is 14.9 Å². The van der Waals surface area contributed by atoms with Crippen molar-refractivity contribution >= 4 is 5.91 Å². The molecular formula is C17H17FN2O2. The summed E-state index contributed by atoms with van der Waals surface area (Å²) in [7, 11) is 0. The Morgan fingerprint density at radius 1 is 1.27 bits per heavy atom. The number of nitrogens with zero attached hydrogens (tertiary/aromatic N) is 1. The zero-order chi connectivity index (χ0) is 15.5. The molecule has 0 aromatic heterocycles. The Balaban J connectivity index is 1.80. The number of nitrogens with one attached hydrogen (secondary N) is 1. The van der Waals surface area contributed by atoms with Crippen molar-refractivity contribution in [2.24, 2.45) is 0 Å². The maximum Gasteiger partial charge on any atom is 0.274 e. The molecule has 0 saturated heterocycles. The highest BCUT2D eigenvalue weighted by Crippen LogP contribution is 2.24. The molecule has 4 nitrogen and oxygen atoms in total. The van der Waals surface area contributed by atoms with E-state index in [1.54, 1.807) is 11.5 Å². The molecule has 1 amide bonds. The number of carbonyl (C=O) groups excluding carboxylic acids is 1. The average Bonchev–Trinajstić information content (AvgIpc) is 2.55. The molecule has 0 aliphatic carbocycles. The molecule has 5 heteroatoms. The normalized spacial score (nSPS) is 14.5. The molecule has 2 N–H and O–H groups in total. The third-order valence-corrected chi connectivity index (χ3v) is 3.98. The van der Waals surface area contributed by atoms with E-state index < -0.39 is 11.7 Å². The van der Waals surface area contributed by atoms with Crippen molar-refractivity contribution in [3.63, 3.8) is 0 Å². The van der Waals surface area contributed by atoms with Crippen LogP contribution < -0.4 is 5.48 Å². The van der Waals surface area contributed by atoms with Gasteiger partial charge < -0.3 is 0 Å². The van der Waals surface area contributed by atoms with Gasteiger partial charge in [-0.2, -0.15) is 0 Å². The summed E-state index contributed by atoms with van der Waals surface area (Å²) in [6.45, 7) is 2.11. The molecule has 22 heavy (non-hydrogen) atoms. The maximum atomic E-state index is 14.3. The van der Waals surface area contributed by atoms with E-state index in [9.17, 15) is 9.18 Å². The van der Waals surface area contributed by atoms with Gasteiger partial charge in [-0.1, -0.05) is 30.3 Å². The van der Waals surface area contributed by atoms with Crippen LogP contribution in [0.5, 0.6) is 0 Å².